The van der Waals surface area contributed by atoms with E-state index in [2.05, 4.69) is 15.3 Å². The van der Waals surface area contributed by atoms with Crippen molar-refractivity contribution in [2.75, 3.05) is 18.9 Å². The molecule has 0 aliphatic carbocycles. The van der Waals surface area contributed by atoms with E-state index in [1.165, 1.54) is 13.1 Å². The van der Waals surface area contributed by atoms with Gasteiger partial charge in [-0.15, -0.1) is 0 Å². The van der Waals surface area contributed by atoms with Gasteiger partial charge in [-0.1, -0.05) is 11.6 Å². The number of halogens is 5. The van der Waals surface area contributed by atoms with Crippen LogP contribution in [0.2, 0.25) is 5.02 Å². The Balaban J connectivity index is 1.81. The molecule has 32 heavy (non-hydrogen) atoms. The maximum absolute atomic E-state index is 14.0. The number of fused-ring (bicyclic) bond motifs is 1. The standard InChI is InChI=1S/C21H17ClF4N4O2/c1-10-11(2)28-19-14(6-12(23)7-17(19)27-10)20(32)30(3)9-18(31)29-13-4-5-16(22)15(8-13)21(24,25)26/h4-8H,9H2,1-3H3,(H,29,31). The van der Waals surface area contributed by atoms with Crippen LogP contribution in [0.4, 0.5) is 23.2 Å². The van der Waals surface area contributed by atoms with Crippen molar-refractivity contribution < 1.29 is 27.2 Å². The Labute approximate surface area is 185 Å². The van der Waals surface area contributed by atoms with Crippen LogP contribution in [0.25, 0.3) is 11.0 Å². The van der Waals surface area contributed by atoms with Crippen LogP contribution >= 0.6 is 11.6 Å². The third-order valence-electron chi connectivity index (χ3n) is 4.66. The summed E-state index contributed by atoms with van der Waals surface area (Å²) in [7, 11) is 1.30. The van der Waals surface area contributed by atoms with Crippen molar-refractivity contribution >= 4 is 40.1 Å². The van der Waals surface area contributed by atoms with E-state index in [4.69, 9.17) is 11.6 Å². The molecule has 0 spiro atoms. The van der Waals surface area contributed by atoms with E-state index >= 15 is 0 Å². The second kappa shape index (κ2) is 8.70. The number of nitrogens with zero attached hydrogens (tertiary/aromatic N) is 3. The van der Waals surface area contributed by atoms with Crippen molar-refractivity contribution in [2.24, 2.45) is 0 Å². The number of anilines is 1. The minimum atomic E-state index is -4.69. The number of carbonyl (C=O) groups is 2. The lowest BCUT2D eigenvalue weighted by atomic mass is 10.1. The highest BCUT2D eigenvalue weighted by Crippen LogP contribution is 2.36. The van der Waals surface area contributed by atoms with Gasteiger partial charge in [0, 0.05) is 18.8 Å². The topological polar surface area (TPSA) is 75.2 Å². The molecule has 0 aliphatic rings. The van der Waals surface area contributed by atoms with E-state index in [1.807, 2.05) is 0 Å². The lowest BCUT2D eigenvalue weighted by molar-refractivity contribution is -0.137. The molecule has 0 fully saturated rings. The number of alkyl halides is 3. The lowest BCUT2D eigenvalue weighted by Crippen LogP contribution is -2.35. The Morgan fingerprint density at radius 3 is 2.41 bits per heavy atom. The minimum Gasteiger partial charge on any atom is -0.332 e. The molecule has 1 N–H and O–H groups in total. The summed E-state index contributed by atoms with van der Waals surface area (Å²) in [5.41, 5.74) is 0.181. The Hall–Kier alpha value is -3.27. The Kier molecular flexibility index (Phi) is 6.36. The molecular formula is C21H17ClF4N4O2. The van der Waals surface area contributed by atoms with Crippen LogP contribution < -0.4 is 5.32 Å². The number of carbonyl (C=O) groups excluding carboxylic acids is 2. The third kappa shape index (κ3) is 4.96. The molecule has 0 atom stereocenters. The van der Waals surface area contributed by atoms with E-state index < -0.39 is 40.9 Å². The molecule has 0 unspecified atom stereocenters. The Bertz CT molecular complexity index is 1230. The van der Waals surface area contributed by atoms with Gasteiger partial charge in [-0.3, -0.25) is 9.59 Å². The number of hydrogen-bond acceptors (Lipinski definition) is 4. The number of amides is 2. The molecule has 3 aromatic rings. The Morgan fingerprint density at radius 2 is 1.75 bits per heavy atom. The monoisotopic (exact) mass is 468 g/mol. The fourth-order valence-electron chi connectivity index (χ4n) is 2.97. The molecule has 0 aliphatic heterocycles. The van der Waals surface area contributed by atoms with E-state index in [-0.39, 0.29) is 22.3 Å². The fourth-order valence-corrected chi connectivity index (χ4v) is 3.20. The molecule has 6 nitrogen and oxygen atoms in total. The first kappa shape index (κ1) is 23.4. The van der Waals surface area contributed by atoms with Crippen LogP contribution in [0.5, 0.6) is 0 Å². The minimum absolute atomic E-state index is 0.0863. The van der Waals surface area contributed by atoms with E-state index in [1.54, 1.807) is 13.8 Å². The summed E-state index contributed by atoms with van der Waals surface area (Å²) in [6.07, 6.45) is -4.69. The molecular weight excluding hydrogens is 452 g/mol. The molecule has 1 aromatic heterocycles. The number of aromatic nitrogens is 2. The van der Waals surface area contributed by atoms with E-state index in [0.29, 0.717) is 17.5 Å². The van der Waals surface area contributed by atoms with Crippen LogP contribution in [0.1, 0.15) is 27.3 Å². The first-order valence-corrected chi connectivity index (χ1v) is 9.61. The summed E-state index contributed by atoms with van der Waals surface area (Å²) in [4.78, 5) is 34.7. The highest BCUT2D eigenvalue weighted by atomic mass is 35.5. The van der Waals surface area contributed by atoms with Crippen LogP contribution in [-0.4, -0.2) is 40.3 Å². The zero-order valence-corrected chi connectivity index (χ0v) is 17.9. The third-order valence-corrected chi connectivity index (χ3v) is 4.99. The summed E-state index contributed by atoms with van der Waals surface area (Å²) in [5, 5.41) is 1.78. The van der Waals surface area contributed by atoms with Crippen LogP contribution in [0.15, 0.2) is 30.3 Å². The van der Waals surface area contributed by atoms with E-state index in [0.717, 1.165) is 23.1 Å². The molecule has 0 bridgehead atoms. The van der Waals surface area contributed by atoms with Crippen LogP contribution in [0, 0.1) is 19.7 Å². The zero-order valence-electron chi connectivity index (χ0n) is 17.1. The summed E-state index contributed by atoms with van der Waals surface area (Å²) >= 11 is 5.57. The number of aryl methyl sites for hydroxylation is 2. The zero-order chi connectivity index (χ0) is 23.8. The van der Waals surface area contributed by atoms with Gasteiger partial charge < -0.3 is 10.2 Å². The molecule has 11 heteroatoms. The smallest absolute Gasteiger partial charge is 0.332 e. The average molecular weight is 469 g/mol. The fraction of sp³-hybridized carbons (Fsp3) is 0.238. The van der Waals surface area contributed by atoms with Gasteiger partial charge in [-0.25, -0.2) is 14.4 Å². The number of nitrogens with one attached hydrogen (secondary N) is 1. The molecule has 0 saturated carbocycles. The van der Waals surface area contributed by atoms with Crippen molar-refractivity contribution in [1.82, 2.24) is 14.9 Å². The van der Waals surface area contributed by atoms with E-state index in [9.17, 15) is 27.2 Å². The van der Waals surface area contributed by atoms with Gasteiger partial charge >= 0.3 is 6.18 Å². The van der Waals surface area contributed by atoms with Crippen molar-refractivity contribution in [3.8, 4) is 0 Å². The number of rotatable bonds is 4. The maximum atomic E-state index is 14.0. The second-order valence-electron chi connectivity index (χ2n) is 7.12. The normalized spacial score (nSPS) is 11.5. The van der Waals surface area contributed by atoms with Gasteiger partial charge in [0.1, 0.15) is 11.3 Å². The average Bonchev–Trinajstić information content (AvgIpc) is 2.68. The van der Waals surface area contributed by atoms with Crippen molar-refractivity contribution in [2.45, 2.75) is 20.0 Å². The van der Waals surface area contributed by atoms with Crippen molar-refractivity contribution in [3.63, 3.8) is 0 Å². The second-order valence-corrected chi connectivity index (χ2v) is 7.52. The van der Waals surface area contributed by atoms with Gasteiger partial charge in [0.25, 0.3) is 5.91 Å². The first-order valence-electron chi connectivity index (χ1n) is 9.23. The highest BCUT2D eigenvalue weighted by molar-refractivity contribution is 6.31. The quantitative estimate of drug-likeness (QED) is 0.560. The predicted octanol–water partition coefficient (Wildman–Crippen LogP) is 4.77. The van der Waals surface area contributed by atoms with Crippen molar-refractivity contribution in [1.29, 1.82) is 0 Å². The summed E-state index contributed by atoms with van der Waals surface area (Å²) in [5.74, 6) is -2.15. The molecule has 1 heterocycles. The molecule has 2 aromatic carbocycles. The summed E-state index contributed by atoms with van der Waals surface area (Å²) < 4.78 is 53.0. The number of hydrogen-bond donors (Lipinski definition) is 1. The molecule has 0 saturated heterocycles. The Morgan fingerprint density at radius 1 is 1.09 bits per heavy atom. The molecule has 0 radical (unpaired) electrons. The van der Waals surface area contributed by atoms with Crippen molar-refractivity contribution in [3.05, 3.63) is 63.7 Å². The van der Waals surface area contributed by atoms with Gasteiger partial charge in [0.05, 0.1) is 39.6 Å². The molecule has 168 valence electrons. The SMILES string of the molecule is Cc1nc2cc(F)cc(C(=O)N(C)CC(=O)Nc3ccc(Cl)c(C(F)(F)F)c3)c2nc1C. The largest absolute Gasteiger partial charge is 0.417 e. The maximum Gasteiger partial charge on any atom is 0.417 e. The summed E-state index contributed by atoms with van der Waals surface area (Å²) in [6.45, 7) is 2.89. The van der Waals surface area contributed by atoms with Gasteiger partial charge in [0.2, 0.25) is 5.91 Å². The first-order chi connectivity index (χ1) is 14.9. The number of likely N-dealkylation sites (N-methyl/N-ethyl adjacent to an activating group) is 1. The molecule has 3 rings (SSSR count). The highest BCUT2D eigenvalue weighted by Gasteiger charge is 2.33. The van der Waals surface area contributed by atoms with Gasteiger partial charge in [-0.2, -0.15) is 13.2 Å². The lowest BCUT2D eigenvalue weighted by Gasteiger charge is -2.18. The van der Waals surface area contributed by atoms with Crippen LogP contribution in [-0.2, 0) is 11.0 Å². The van der Waals surface area contributed by atoms with Gasteiger partial charge in [-0.05, 0) is 38.1 Å². The van der Waals surface area contributed by atoms with Crippen LogP contribution in [0.3, 0.4) is 0 Å². The molecule has 2 amide bonds. The predicted molar refractivity (Wildman–Crippen MR) is 111 cm³/mol. The van der Waals surface area contributed by atoms with Gasteiger partial charge in [0.15, 0.2) is 0 Å². The summed E-state index contributed by atoms with van der Waals surface area (Å²) in [6, 6.07) is 5.06. The number of benzene rings is 2.